The number of likely N-dealkylation sites (N-methyl/N-ethyl adjacent to an activating group) is 1. The number of nitrogens with zero attached hydrogens (tertiary/aromatic N) is 5. The van der Waals surface area contributed by atoms with Crippen LogP contribution in [0.15, 0.2) is 16.2 Å². The number of hydrogen-bond donors (Lipinski definition) is 1. The first-order valence-corrected chi connectivity index (χ1v) is 9.40. The van der Waals surface area contributed by atoms with Crippen LogP contribution in [0, 0.1) is 6.92 Å². The quantitative estimate of drug-likeness (QED) is 0.836. The second kappa shape index (κ2) is 7.63. The molecule has 1 N–H and O–H groups in total. The predicted molar refractivity (Wildman–Crippen MR) is 101 cm³/mol. The molecule has 0 spiro atoms. The minimum absolute atomic E-state index is 0.103. The molecule has 1 fully saturated rings. The minimum Gasteiger partial charge on any atom is -0.348 e. The van der Waals surface area contributed by atoms with Crippen LogP contribution >= 0.6 is 11.3 Å². The Kier molecular flexibility index (Phi) is 5.51. The van der Waals surface area contributed by atoms with E-state index >= 15 is 0 Å². The Bertz CT molecular complexity index is 770. The van der Waals surface area contributed by atoms with Crippen LogP contribution in [0.1, 0.15) is 22.8 Å². The minimum atomic E-state index is -0.103. The monoisotopic (exact) mass is 362 g/mol. The molecule has 2 aromatic heterocycles. The first-order valence-electron chi connectivity index (χ1n) is 8.52. The van der Waals surface area contributed by atoms with Crippen LogP contribution in [0.5, 0.6) is 0 Å². The van der Waals surface area contributed by atoms with E-state index in [1.165, 1.54) is 5.01 Å². The molecule has 1 aliphatic heterocycles. The molecule has 1 atom stereocenters. The zero-order valence-corrected chi connectivity index (χ0v) is 16.1. The van der Waals surface area contributed by atoms with Gasteiger partial charge in [-0.15, -0.1) is 11.3 Å². The molecule has 8 heteroatoms. The van der Waals surface area contributed by atoms with Crippen molar-refractivity contribution in [3.63, 3.8) is 0 Å². The molecule has 25 heavy (non-hydrogen) atoms. The van der Waals surface area contributed by atoms with Gasteiger partial charge in [0, 0.05) is 56.9 Å². The lowest BCUT2D eigenvalue weighted by Crippen LogP contribution is -2.34. The lowest BCUT2D eigenvalue weighted by atomic mass is 10.2. The largest absolute Gasteiger partial charge is 0.348 e. The van der Waals surface area contributed by atoms with Crippen molar-refractivity contribution in [3.05, 3.63) is 38.2 Å². The summed E-state index contributed by atoms with van der Waals surface area (Å²) in [6, 6.07) is 2.07. The van der Waals surface area contributed by atoms with Crippen molar-refractivity contribution in [1.82, 2.24) is 24.8 Å². The van der Waals surface area contributed by atoms with Gasteiger partial charge in [-0.2, -0.15) is 0 Å². The van der Waals surface area contributed by atoms with E-state index in [0.29, 0.717) is 18.5 Å². The van der Waals surface area contributed by atoms with Crippen LogP contribution in [0.25, 0.3) is 0 Å². The van der Waals surface area contributed by atoms with Crippen molar-refractivity contribution in [2.24, 2.45) is 0 Å². The third-order valence-electron chi connectivity index (χ3n) is 4.51. The maximum absolute atomic E-state index is 11.8. The van der Waals surface area contributed by atoms with E-state index in [0.717, 1.165) is 37.4 Å². The SMILES string of the molecule is Cc1csc(CN2CCC(N(C)Cc3cc(=O)[nH]c(N(C)C)n3)C2)n1. The molecule has 1 unspecified atom stereocenters. The van der Waals surface area contributed by atoms with Crippen LogP contribution in [-0.4, -0.2) is 65.0 Å². The number of aromatic nitrogens is 3. The van der Waals surface area contributed by atoms with Crippen LogP contribution in [0.3, 0.4) is 0 Å². The van der Waals surface area contributed by atoms with Gasteiger partial charge in [0.2, 0.25) is 5.95 Å². The summed E-state index contributed by atoms with van der Waals surface area (Å²) in [5, 5.41) is 3.29. The zero-order valence-electron chi connectivity index (χ0n) is 15.3. The highest BCUT2D eigenvalue weighted by Gasteiger charge is 2.26. The summed E-state index contributed by atoms with van der Waals surface area (Å²) in [6.07, 6.45) is 1.13. The molecule has 1 saturated heterocycles. The molecule has 136 valence electrons. The molecule has 3 heterocycles. The fraction of sp³-hybridized carbons (Fsp3) is 0.588. The van der Waals surface area contributed by atoms with E-state index < -0.39 is 0 Å². The number of thiazole rings is 1. The molecule has 1 aliphatic rings. The lowest BCUT2D eigenvalue weighted by molar-refractivity contribution is 0.220. The van der Waals surface area contributed by atoms with E-state index in [9.17, 15) is 4.79 Å². The number of likely N-dealkylation sites (tertiary alicyclic amines) is 1. The van der Waals surface area contributed by atoms with Crippen LogP contribution < -0.4 is 10.5 Å². The van der Waals surface area contributed by atoms with Crippen molar-refractivity contribution in [2.75, 3.05) is 39.1 Å². The molecule has 0 aromatic carbocycles. The number of nitrogens with one attached hydrogen (secondary N) is 1. The van der Waals surface area contributed by atoms with Gasteiger partial charge in [0.1, 0.15) is 5.01 Å². The summed E-state index contributed by atoms with van der Waals surface area (Å²) < 4.78 is 0. The normalized spacial score (nSPS) is 18.2. The van der Waals surface area contributed by atoms with Crippen molar-refractivity contribution >= 4 is 17.3 Å². The van der Waals surface area contributed by atoms with Crippen LogP contribution in [-0.2, 0) is 13.1 Å². The topological polar surface area (TPSA) is 68.4 Å². The van der Waals surface area contributed by atoms with E-state index in [1.807, 2.05) is 25.9 Å². The average molecular weight is 363 g/mol. The van der Waals surface area contributed by atoms with Crippen molar-refractivity contribution < 1.29 is 0 Å². The van der Waals surface area contributed by atoms with Gasteiger partial charge in [-0.3, -0.25) is 19.6 Å². The molecule has 3 rings (SSSR count). The van der Waals surface area contributed by atoms with E-state index in [2.05, 4.69) is 37.2 Å². The zero-order chi connectivity index (χ0) is 18.0. The molecule has 0 radical (unpaired) electrons. The van der Waals surface area contributed by atoms with E-state index in [-0.39, 0.29) is 5.56 Å². The maximum atomic E-state index is 11.8. The Morgan fingerprint density at radius 1 is 1.36 bits per heavy atom. The molecule has 2 aromatic rings. The third-order valence-corrected chi connectivity index (χ3v) is 5.46. The van der Waals surface area contributed by atoms with Gasteiger partial charge in [-0.1, -0.05) is 0 Å². The summed E-state index contributed by atoms with van der Waals surface area (Å²) in [4.78, 5) is 30.2. The molecule has 0 amide bonds. The molecular weight excluding hydrogens is 336 g/mol. The Hall–Kier alpha value is -1.77. The second-order valence-electron chi connectivity index (χ2n) is 6.93. The molecule has 0 bridgehead atoms. The van der Waals surface area contributed by atoms with Crippen LogP contribution in [0.2, 0.25) is 0 Å². The van der Waals surface area contributed by atoms with Crippen molar-refractivity contribution in [2.45, 2.75) is 32.5 Å². The Balaban J connectivity index is 1.59. The second-order valence-corrected chi connectivity index (χ2v) is 7.87. The summed E-state index contributed by atoms with van der Waals surface area (Å²) in [6.45, 7) is 5.76. The van der Waals surface area contributed by atoms with E-state index in [4.69, 9.17) is 0 Å². The van der Waals surface area contributed by atoms with Crippen molar-refractivity contribution in [1.29, 1.82) is 0 Å². The number of anilines is 1. The highest BCUT2D eigenvalue weighted by molar-refractivity contribution is 7.09. The van der Waals surface area contributed by atoms with Gasteiger partial charge in [0.05, 0.1) is 12.2 Å². The van der Waals surface area contributed by atoms with Gasteiger partial charge in [-0.05, 0) is 20.4 Å². The number of aromatic amines is 1. The smallest absolute Gasteiger partial charge is 0.252 e. The fourth-order valence-electron chi connectivity index (χ4n) is 3.15. The van der Waals surface area contributed by atoms with E-state index in [1.54, 1.807) is 17.4 Å². The first kappa shape index (κ1) is 18.0. The number of rotatable bonds is 6. The third kappa shape index (κ3) is 4.65. The number of aryl methyl sites for hydroxylation is 1. The maximum Gasteiger partial charge on any atom is 0.252 e. The molecular formula is C17H26N6OS. The Morgan fingerprint density at radius 3 is 2.84 bits per heavy atom. The Labute approximate surface area is 152 Å². The van der Waals surface area contributed by atoms with Crippen molar-refractivity contribution in [3.8, 4) is 0 Å². The Morgan fingerprint density at radius 2 is 2.16 bits per heavy atom. The highest BCUT2D eigenvalue weighted by Crippen LogP contribution is 2.20. The predicted octanol–water partition coefficient (Wildman–Crippen LogP) is 1.31. The lowest BCUT2D eigenvalue weighted by Gasteiger charge is -2.24. The van der Waals surface area contributed by atoms with Gasteiger partial charge in [-0.25, -0.2) is 9.97 Å². The van der Waals surface area contributed by atoms with Gasteiger partial charge < -0.3 is 4.90 Å². The average Bonchev–Trinajstić information content (AvgIpc) is 3.16. The standard InChI is InChI=1S/C17H26N6OS/c1-12-11-25-16(18-12)10-23-6-5-14(9-23)22(4)8-13-7-15(24)20-17(19-13)21(2)3/h7,11,14H,5-6,8-10H2,1-4H3,(H,19,20,24). The summed E-state index contributed by atoms with van der Waals surface area (Å²) in [5.41, 5.74) is 1.81. The summed E-state index contributed by atoms with van der Waals surface area (Å²) in [7, 11) is 5.86. The molecule has 0 aliphatic carbocycles. The van der Waals surface area contributed by atoms with Gasteiger partial charge in [0.15, 0.2) is 0 Å². The van der Waals surface area contributed by atoms with Gasteiger partial charge >= 0.3 is 0 Å². The number of hydrogen-bond acceptors (Lipinski definition) is 7. The highest BCUT2D eigenvalue weighted by atomic mass is 32.1. The summed E-state index contributed by atoms with van der Waals surface area (Å²) >= 11 is 1.74. The van der Waals surface area contributed by atoms with Gasteiger partial charge in [0.25, 0.3) is 5.56 Å². The number of H-pyrrole nitrogens is 1. The molecule has 0 saturated carbocycles. The van der Waals surface area contributed by atoms with Crippen LogP contribution in [0.4, 0.5) is 5.95 Å². The first-order chi connectivity index (χ1) is 11.9. The summed E-state index contributed by atoms with van der Waals surface area (Å²) in [5.74, 6) is 0.600. The fourth-order valence-corrected chi connectivity index (χ4v) is 3.97. The molecule has 7 nitrogen and oxygen atoms in total.